The van der Waals surface area contributed by atoms with Crippen LogP contribution in [0.5, 0.6) is 0 Å². The zero-order chi connectivity index (χ0) is 15.6. The lowest BCUT2D eigenvalue weighted by molar-refractivity contribution is 0.540. The zero-order valence-corrected chi connectivity index (χ0v) is 13.4. The predicted octanol–water partition coefficient (Wildman–Crippen LogP) is 1.98. The van der Waals surface area contributed by atoms with Crippen LogP contribution < -0.4 is 4.72 Å². The summed E-state index contributed by atoms with van der Waals surface area (Å²) >= 11 is 2.86. The van der Waals surface area contributed by atoms with Crippen LogP contribution in [-0.4, -0.2) is 24.5 Å². The molecular weight excluding hydrogens is 368 g/mol. The summed E-state index contributed by atoms with van der Waals surface area (Å²) in [5.74, 6) is -1.31. The van der Waals surface area contributed by atoms with E-state index in [2.05, 4.69) is 25.6 Å². The molecule has 0 radical (unpaired) electrons. The van der Waals surface area contributed by atoms with E-state index in [1.165, 1.54) is 0 Å². The van der Waals surface area contributed by atoms with E-state index in [1.807, 2.05) is 0 Å². The van der Waals surface area contributed by atoms with Crippen LogP contribution in [0.1, 0.15) is 5.82 Å². The van der Waals surface area contributed by atoms with Crippen molar-refractivity contribution >= 4 is 26.0 Å². The molecule has 1 aromatic carbocycles. The van der Waals surface area contributed by atoms with Crippen molar-refractivity contribution < 1.29 is 17.2 Å². The van der Waals surface area contributed by atoms with Crippen LogP contribution in [0.15, 0.2) is 33.9 Å². The van der Waals surface area contributed by atoms with Gasteiger partial charge in [-0.1, -0.05) is 0 Å². The Hall–Kier alpha value is -1.32. The van der Waals surface area contributed by atoms with Gasteiger partial charge in [-0.05, 0) is 22.0 Å². The first kappa shape index (κ1) is 16.1. The fourth-order valence-corrected chi connectivity index (χ4v) is 3.99. The van der Waals surface area contributed by atoms with E-state index >= 15 is 0 Å². The fourth-order valence-electron chi connectivity index (χ4n) is 1.79. The normalized spacial score (nSPS) is 11.8. The minimum Gasteiger partial charge on any atom is -0.338 e. The van der Waals surface area contributed by atoms with Crippen molar-refractivity contribution in [2.45, 2.75) is 11.3 Å². The second-order valence-corrected chi connectivity index (χ2v) is 6.86. The third-order valence-electron chi connectivity index (χ3n) is 2.79. The van der Waals surface area contributed by atoms with E-state index in [0.29, 0.717) is 18.3 Å². The number of imidazole rings is 1. The highest BCUT2D eigenvalue weighted by molar-refractivity contribution is 9.10. The lowest BCUT2D eigenvalue weighted by atomic mass is 10.3. The van der Waals surface area contributed by atoms with Gasteiger partial charge in [0.25, 0.3) is 0 Å². The molecule has 0 fully saturated rings. The highest BCUT2D eigenvalue weighted by Gasteiger charge is 2.23. The van der Waals surface area contributed by atoms with E-state index in [0.717, 1.165) is 6.07 Å². The molecule has 1 N–H and O–H groups in total. The smallest absolute Gasteiger partial charge is 0.244 e. The van der Waals surface area contributed by atoms with Gasteiger partial charge in [-0.2, -0.15) is 0 Å². The Bertz CT molecular complexity index is 739. The topological polar surface area (TPSA) is 64.0 Å². The number of aryl methyl sites for hydroxylation is 1. The van der Waals surface area contributed by atoms with Crippen molar-refractivity contribution in [3.05, 3.63) is 46.5 Å². The van der Waals surface area contributed by atoms with Crippen molar-refractivity contribution in [1.82, 2.24) is 14.3 Å². The minimum atomic E-state index is -4.08. The van der Waals surface area contributed by atoms with Gasteiger partial charge in [0.05, 0.1) is 0 Å². The Morgan fingerprint density at radius 2 is 2.10 bits per heavy atom. The molecule has 0 amide bonds. The summed E-state index contributed by atoms with van der Waals surface area (Å²) in [4.78, 5) is 3.44. The molecule has 0 spiro atoms. The number of rotatable bonds is 5. The van der Waals surface area contributed by atoms with Crippen LogP contribution in [0.2, 0.25) is 0 Å². The first-order chi connectivity index (χ1) is 9.81. The molecule has 5 nitrogen and oxygen atoms in total. The van der Waals surface area contributed by atoms with Gasteiger partial charge in [0.15, 0.2) is 0 Å². The summed E-state index contributed by atoms with van der Waals surface area (Å²) in [6.07, 6.45) is 3.68. The van der Waals surface area contributed by atoms with Gasteiger partial charge in [0.2, 0.25) is 10.0 Å². The Morgan fingerprint density at radius 3 is 2.67 bits per heavy atom. The SMILES string of the molecule is Cn1ccnc1CCNS(=O)(=O)c1c(F)cc(F)cc1Br. The maximum atomic E-state index is 13.7. The van der Waals surface area contributed by atoms with Crippen LogP contribution in [0.25, 0.3) is 0 Å². The second-order valence-electron chi connectivity index (χ2n) is 4.30. The number of benzene rings is 1. The minimum absolute atomic E-state index is 0.0520. The van der Waals surface area contributed by atoms with E-state index in [9.17, 15) is 17.2 Å². The molecule has 21 heavy (non-hydrogen) atoms. The van der Waals surface area contributed by atoms with Gasteiger partial charge >= 0.3 is 0 Å². The lowest BCUT2D eigenvalue weighted by Crippen LogP contribution is -2.27. The van der Waals surface area contributed by atoms with Gasteiger partial charge in [-0.25, -0.2) is 26.9 Å². The molecule has 0 saturated carbocycles. The van der Waals surface area contributed by atoms with Crippen molar-refractivity contribution in [2.75, 3.05) is 6.54 Å². The molecule has 2 aromatic rings. The van der Waals surface area contributed by atoms with Crippen LogP contribution in [0.4, 0.5) is 8.78 Å². The number of nitrogens with zero attached hydrogens (tertiary/aromatic N) is 2. The quantitative estimate of drug-likeness (QED) is 0.863. The van der Waals surface area contributed by atoms with Gasteiger partial charge in [-0.15, -0.1) is 0 Å². The van der Waals surface area contributed by atoms with E-state index < -0.39 is 26.6 Å². The highest BCUT2D eigenvalue weighted by Crippen LogP contribution is 2.25. The number of aromatic nitrogens is 2. The maximum absolute atomic E-state index is 13.7. The van der Waals surface area contributed by atoms with Crippen molar-refractivity contribution in [3.63, 3.8) is 0 Å². The molecule has 9 heteroatoms. The van der Waals surface area contributed by atoms with Crippen LogP contribution >= 0.6 is 15.9 Å². The predicted molar refractivity (Wildman–Crippen MR) is 76.2 cm³/mol. The lowest BCUT2D eigenvalue weighted by Gasteiger charge is -2.09. The molecule has 2 rings (SSSR count). The largest absolute Gasteiger partial charge is 0.338 e. The molecular formula is C12H12BrF2N3O2S. The van der Waals surface area contributed by atoms with Gasteiger partial charge in [0, 0.05) is 42.9 Å². The molecule has 0 atom stereocenters. The maximum Gasteiger partial charge on any atom is 0.244 e. The average molecular weight is 380 g/mol. The molecule has 1 aromatic heterocycles. The van der Waals surface area contributed by atoms with E-state index in [4.69, 9.17) is 0 Å². The van der Waals surface area contributed by atoms with E-state index in [1.54, 1.807) is 24.0 Å². The monoisotopic (exact) mass is 379 g/mol. The number of halogens is 3. The molecule has 0 aliphatic rings. The Morgan fingerprint density at radius 1 is 1.38 bits per heavy atom. The van der Waals surface area contributed by atoms with Crippen LogP contribution in [0, 0.1) is 11.6 Å². The first-order valence-electron chi connectivity index (χ1n) is 5.91. The van der Waals surface area contributed by atoms with Crippen molar-refractivity contribution in [2.24, 2.45) is 7.05 Å². The standard InChI is InChI=1S/C12H12BrF2N3O2S/c1-18-5-4-16-11(18)2-3-17-21(19,20)12-9(13)6-8(14)7-10(12)15/h4-7,17H,2-3H2,1H3. The Balaban J connectivity index is 2.14. The number of nitrogens with one attached hydrogen (secondary N) is 1. The van der Waals surface area contributed by atoms with Crippen LogP contribution in [-0.2, 0) is 23.5 Å². The fraction of sp³-hybridized carbons (Fsp3) is 0.250. The van der Waals surface area contributed by atoms with Gasteiger partial charge in [0.1, 0.15) is 22.4 Å². The third-order valence-corrected chi connectivity index (χ3v) is 5.22. The highest BCUT2D eigenvalue weighted by atomic mass is 79.9. The summed E-state index contributed by atoms with van der Waals surface area (Å²) in [7, 11) is -2.30. The Labute approximate surface area is 129 Å². The Kier molecular flexibility index (Phi) is 4.74. The average Bonchev–Trinajstić information content (AvgIpc) is 2.73. The first-order valence-corrected chi connectivity index (χ1v) is 8.19. The molecule has 0 bridgehead atoms. The summed E-state index contributed by atoms with van der Waals surface area (Å²) in [6, 6.07) is 1.43. The summed E-state index contributed by atoms with van der Waals surface area (Å²) in [5, 5.41) is 0. The third kappa shape index (κ3) is 3.66. The van der Waals surface area contributed by atoms with Crippen molar-refractivity contribution in [1.29, 1.82) is 0 Å². The van der Waals surface area contributed by atoms with Crippen molar-refractivity contribution in [3.8, 4) is 0 Å². The summed E-state index contributed by atoms with van der Waals surface area (Å²) in [6.45, 7) is 0.0520. The van der Waals surface area contributed by atoms with E-state index in [-0.39, 0.29) is 11.0 Å². The number of hydrogen-bond donors (Lipinski definition) is 1. The number of hydrogen-bond acceptors (Lipinski definition) is 3. The second kappa shape index (κ2) is 6.20. The zero-order valence-electron chi connectivity index (χ0n) is 11.0. The molecule has 0 unspecified atom stereocenters. The van der Waals surface area contributed by atoms with Gasteiger partial charge < -0.3 is 4.57 Å². The number of sulfonamides is 1. The summed E-state index contributed by atoms with van der Waals surface area (Å²) in [5.41, 5.74) is 0. The molecule has 0 aliphatic heterocycles. The molecule has 0 saturated heterocycles. The van der Waals surface area contributed by atoms with Gasteiger partial charge in [-0.3, -0.25) is 0 Å². The summed E-state index contributed by atoms with van der Waals surface area (Å²) < 4.78 is 54.6. The molecule has 1 heterocycles. The molecule has 0 aliphatic carbocycles. The molecule has 114 valence electrons. The van der Waals surface area contributed by atoms with Crippen LogP contribution in [0.3, 0.4) is 0 Å².